The average molecular weight is 249 g/mol. The molecular weight excluding hydrogens is 232 g/mol. The minimum atomic E-state index is -0.487. The quantitative estimate of drug-likeness (QED) is 0.814. The second-order valence-corrected chi connectivity index (χ2v) is 5.29. The second-order valence-electron chi connectivity index (χ2n) is 5.29. The molecule has 0 aliphatic heterocycles. The van der Waals surface area contributed by atoms with Gasteiger partial charge in [0.15, 0.2) is 0 Å². The lowest BCUT2D eigenvalue weighted by atomic mass is 9.84. The summed E-state index contributed by atoms with van der Waals surface area (Å²) in [4.78, 5) is 3.13. The van der Waals surface area contributed by atoms with Crippen molar-refractivity contribution in [1.29, 1.82) is 0 Å². The number of fused-ring (bicyclic) bond motifs is 3. The highest BCUT2D eigenvalue weighted by Crippen LogP contribution is 2.34. The molecule has 1 nitrogen and oxygen atoms in total. The number of benzene rings is 1. The lowest BCUT2D eigenvalue weighted by molar-refractivity contribution is 0.422. The maximum absolute atomic E-state index is 13.7. The number of nitrogens with one attached hydrogen (secondary N) is 1. The van der Waals surface area contributed by atoms with Crippen LogP contribution in [-0.4, -0.2) is 4.98 Å². The van der Waals surface area contributed by atoms with Gasteiger partial charge in [-0.3, -0.25) is 0 Å². The van der Waals surface area contributed by atoms with Gasteiger partial charge in [-0.15, -0.1) is 0 Å². The lowest BCUT2D eigenvalue weighted by Gasteiger charge is -2.21. The summed E-state index contributed by atoms with van der Waals surface area (Å²) in [7, 11) is 0. The Hall–Kier alpha value is -1.38. The molecule has 1 unspecified atom stereocenters. The van der Waals surface area contributed by atoms with Crippen molar-refractivity contribution in [3.05, 3.63) is 35.0 Å². The van der Waals surface area contributed by atoms with Crippen molar-refractivity contribution in [3.8, 4) is 0 Å². The topological polar surface area (TPSA) is 15.8 Å². The lowest BCUT2D eigenvalue weighted by Crippen LogP contribution is -2.13. The van der Waals surface area contributed by atoms with Gasteiger partial charge in [-0.25, -0.2) is 8.78 Å². The molecule has 3 heteroatoms. The number of hydrogen-bond acceptors (Lipinski definition) is 0. The van der Waals surface area contributed by atoms with Crippen molar-refractivity contribution in [2.45, 2.75) is 39.0 Å². The molecule has 1 aromatic carbocycles. The van der Waals surface area contributed by atoms with E-state index in [9.17, 15) is 8.78 Å². The number of H-pyrrole nitrogens is 1. The van der Waals surface area contributed by atoms with Gasteiger partial charge in [-0.05, 0) is 36.8 Å². The van der Waals surface area contributed by atoms with Crippen molar-refractivity contribution >= 4 is 10.9 Å². The molecular formula is C15H17F2N. The van der Waals surface area contributed by atoms with Gasteiger partial charge in [0.2, 0.25) is 0 Å². The Morgan fingerprint density at radius 1 is 1.33 bits per heavy atom. The third-order valence-corrected chi connectivity index (χ3v) is 4.01. The van der Waals surface area contributed by atoms with Gasteiger partial charge in [-0.1, -0.05) is 19.8 Å². The summed E-state index contributed by atoms with van der Waals surface area (Å²) in [6.45, 7) is 2.18. The first-order valence-electron chi connectivity index (χ1n) is 6.67. The predicted octanol–water partition coefficient (Wildman–Crippen LogP) is 4.35. The van der Waals surface area contributed by atoms with E-state index in [1.807, 2.05) is 0 Å². The van der Waals surface area contributed by atoms with Crippen LogP contribution in [0.25, 0.3) is 10.9 Å². The van der Waals surface area contributed by atoms with Gasteiger partial charge in [0.05, 0.1) is 5.52 Å². The number of hydrogen-bond donors (Lipinski definition) is 1. The molecule has 1 aliphatic rings. The van der Waals surface area contributed by atoms with Crippen LogP contribution in [0.15, 0.2) is 12.1 Å². The Kier molecular flexibility index (Phi) is 2.84. The number of aromatic amines is 1. The van der Waals surface area contributed by atoms with E-state index in [1.54, 1.807) is 0 Å². The SMILES string of the molecule is CCCC1CCc2[nH]c3c(F)cc(F)cc3c2C1. The Morgan fingerprint density at radius 3 is 2.94 bits per heavy atom. The van der Waals surface area contributed by atoms with Crippen molar-refractivity contribution in [2.75, 3.05) is 0 Å². The van der Waals surface area contributed by atoms with Gasteiger partial charge < -0.3 is 4.98 Å². The van der Waals surface area contributed by atoms with Gasteiger partial charge in [0.1, 0.15) is 11.6 Å². The third kappa shape index (κ3) is 1.82. The van der Waals surface area contributed by atoms with Crippen molar-refractivity contribution in [2.24, 2.45) is 5.92 Å². The van der Waals surface area contributed by atoms with E-state index in [4.69, 9.17) is 0 Å². The van der Waals surface area contributed by atoms with E-state index in [-0.39, 0.29) is 0 Å². The van der Waals surface area contributed by atoms with Crippen molar-refractivity contribution in [1.82, 2.24) is 4.98 Å². The van der Waals surface area contributed by atoms with E-state index >= 15 is 0 Å². The molecule has 2 aromatic rings. The fraction of sp³-hybridized carbons (Fsp3) is 0.467. The van der Waals surface area contributed by atoms with Crippen LogP contribution >= 0.6 is 0 Å². The van der Waals surface area contributed by atoms with E-state index in [0.717, 1.165) is 42.0 Å². The van der Waals surface area contributed by atoms with Gasteiger partial charge >= 0.3 is 0 Å². The minimum Gasteiger partial charge on any atom is -0.356 e. The molecule has 1 aliphatic carbocycles. The molecule has 18 heavy (non-hydrogen) atoms. The molecule has 1 heterocycles. The summed E-state index contributed by atoms with van der Waals surface area (Å²) >= 11 is 0. The molecule has 1 N–H and O–H groups in total. The third-order valence-electron chi connectivity index (χ3n) is 4.01. The van der Waals surface area contributed by atoms with Crippen LogP contribution in [0.3, 0.4) is 0 Å². The highest BCUT2D eigenvalue weighted by molar-refractivity contribution is 5.85. The molecule has 96 valence electrons. The number of rotatable bonds is 2. The average Bonchev–Trinajstić information content (AvgIpc) is 2.68. The monoisotopic (exact) mass is 249 g/mol. The summed E-state index contributed by atoms with van der Waals surface area (Å²) in [5.74, 6) is -0.307. The van der Waals surface area contributed by atoms with Crippen LogP contribution in [0.1, 0.15) is 37.4 Å². The second kappa shape index (κ2) is 4.38. The summed E-state index contributed by atoms with van der Waals surface area (Å²) < 4.78 is 27.0. The van der Waals surface area contributed by atoms with E-state index in [2.05, 4.69) is 11.9 Å². The summed E-state index contributed by atoms with van der Waals surface area (Å²) in [5.41, 5.74) is 2.70. The van der Waals surface area contributed by atoms with Gasteiger partial charge in [-0.2, -0.15) is 0 Å². The summed E-state index contributed by atoms with van der Waals surface area (Å²) in [6.07, 6.45) is 5.43. The van der Waals surface area contributed by atoms with Gasteiger partial charge in [0.25, 0.3) is 0 Å². The van der Waals surface area contributed by atoms with Crippen molar-refractivity contribution in [3.63, 3.8) is 0 Å². The number of halogens is 2. The summed E-state index contributed by atoms with van der Waals surface area (Å²) in [5, 5.41) is 0.739. The van der Waals surface area contributed by atoms with Crippen LogP contribution in [0, 0.1) is 17.6 Å². The maximum atomic E-state index is 13.7. The number of aryl methyl sites for hydroxylation is 1. The molecule has 0 saturated carbocycles. The minimum absolute atomic E-state index is 0.471. The first-order valence-corrected chi connectivity index (χ1v) is 6.67. The number of aromatic nitrogens is 1. The zero-order valence-corrected chi connectivity index (χ0v) is 10.5. The first kappa shape index (κ1) is 11.7. The van der Waals surface area contributed by atoms with E-state index in [1.165, 1.54) is 18.9 Å². The molecule has 1 aromatic heterocycles. The molecule has 0 radical (unpaired) electrons. The molecule has 3 rings (SSSR count). The highest BCUT2D eigenvalue weighted by Gasteiger charge is 2.23. The fourth-order valence-electron chi connectivity index (χ4n) is 3.17. The molecule has 0 bridgehead atoms. The first-order chi connectivity index (χ1) is 8.69. The molecule has 0 spiro atoms. The van der Waals surface area contributed by atoms with Crippen LogP contribution in [-0.2, 0) is 12.8 Å². The van der Waals surface area contributed by atoms with Crippen molar-refractivity contribution < 1.29 is 8.78 Å². The van der Waals surface area contributed by atoms with Crippen LogP contribution < -0.4 is 0 Å². The molecule has 0 amide bonds. The Bertz CT molecular complexity index is 586. The highest BCUT2D eigenvalue weighted by atomic mass is 19.1. The Labute approximate surface area is 105 Å². The zero-order valence-electron chi connectivity index (χ0n) is 10.5. The van der Waals surface area contributed by atoms with Crippen LogP contribution in [0.5, 0.6) is 0 Å². The Balaban J connectivity index is 2.09. The maximum Gasteiger partial charge on any atom is 0.150 e. The molecule has 0 saturated heterocycles. The van der Waals surface area contributed by atoms with Crippen LogP contribution in [0.2, 0.25) is 0 Å². The largest absolute Gasteiger partial charge is 0.356 e. The molecule has 0 fully saturated rings. The fourth-order valence-corrected chi connectivity index (χ4v) is 3.17. The normalized spacial score (nSPS) is 19.2. The van der Waals surface area contributed by atoms with E-state index in [0.29, 0.717) is 11.4 Å². The zero-order chi connectivity index (χ0) is 12.7. The van der Waals surface area contributed by atoms with E-state index < -0.39 is 11.6 Å². The summed E-state index contributed by atoms with van der Waals surface area (Å²) in [6, 6.07) is 2.41. The Morgan fingerprint density at radius 2 is 2.17 bits per heavy atom. The standard InChI is InChI=1S/C15H17F2N/c1-2-3-9-4-5-14-11(6-9)12-7-10(16)8-13(17)15(12)18-14/h7-9,18H,2-6H2,1H3. The smallest absolute Gasteiger partial charge is 0.150 e. The predicted molar refractivity (Wildman–Crippen MR) is 68.6 cm³/mol. The van der Waals surface area contributed by atoms with Gasteiger partial charge in [0, 0.05) is 17.1 Å². The molecule has 1 atom stereocenters. The van der Waals surface area contributed by atoms with Crippen LogP contribution in [0.4, 0.5) is 8.78 Å².